The van der Waals surface area contributed by atoms with Crippen molar-refractivity contribution in [1.29, 1.82) is 0 Å². The molecule has 0 fully saturated rings. The van der Waals surface area contributed by atoms with E-state index in [4.69, 9.17) is 0 Å². The first-order chi connectivity index (χ1) is 6.18. The fourth-order valence-corrected chi connectivity index (χ4v) is 2.02. The number of hydrogen-bond acceptors (Lipinski definition) is 1. The van der Waals surface area contributed by atoms with E-state index in [0.717, 1.165) is 12.8 Å². The minimum Gasteiger partial charge on any atom is -0.299 e. The molecule has 1 aliphatic rings. The maximum atomic E-state index is 11.4. The van der Waals surface area contributed by atoms with E-state index in [1.165, 1.54) is 16.7 Å². The van der Waals surface area contributed by atoms with Crippen molar-refractivity contribution < 1.29 is 6.22 Å². The second-order valence-corrected chi connectivity index (χ2v) is 3.89. The predicted molar refractivity (Wildman–Crippen MR) is 55.0 cm³/mol. The average Bonchev–Trinajstić information content (AvgIpc) is 2.12. The van der Waals surface area contributed by atoms with Crippen LogP contribution in [0.4, 0.5) is 0 Å². The molecule has 0 spiro atoms. The summed E-state index contributed by atoms with van der Waals surface area (Å²) in [7, 11) is 0. The molecule has 1 atom stereocenters. The van der Waals surface area contributed by atoms with Crippen LogP contribution in [0, 0.1) is 6.92 Å². The molecule has 70 valence electrons. The first-order valence-electron chi connectivity index (χ1n) is 4.80. The lowest BCUT2D eigenvalue weighted by Gasteiger charge is -2.21. The first kappa shape index (κ1) is 8.49. The molecule has 0 heterocycles. The number of benzene rings is 1. The molecule has 1 aromatic rings. The van der Waals surface area contributed by atoms with E-state index in [9.17, 15) is 4.79 Å². The fraction of sp³-hybridized carbons (Fsp3) is 0.417. The lowest BCUT2D eigenvalue weighted by molar-refractivity contribution is -0.120. The number of carbonyl (C=O) groups is 1. The molecule has 1 nitrogen and oxygen atoms in total. The molecule has 0 bridgehead atoms. The van der Waals surface area contributed by atoms with E-state index < -0.39 is 0 Å². The normalized spacial score (nSPS) is 21.4. The zero-order valence-corrected chi connectivity index (χ0v) is 8.13. The van der Waals surface area contributed by atoms with Gasteiger partial charge in [-0.1, -0.05) is 30.7 Å². The quantitative estimate of drug-likeness (QED) is 0.594. The highest BCUT2D eigenvalue weighted by molar-refractivity contribution is 5.87. The molecule has 1 heteroatoms. The Bertz CT molecular complexity index is 357. The van der Waals surface area contributed by atoms with Crippen molar-refractivity contribution in [2.45, 2.75) is 32.6 Å². The van der Waals surface area contributed by atoms with E-state index in [1.807, 2.05) is 6.92 Å². The van der Waals surface area contributed by atoms with Gasteiger partial charge in [-0.3, -0.25) is 4.79 Å². The molecular weight excluding hydrogens is 160 g/mol. The standard InChI is InChI=1S/C12H14O.H2/c1-8-3-5-11-9(2)12(13)6-4-10(11)7-8;/h3,5,7,9H,4,6H2,1-2H3;1H. The second-order valence-electron chi connectivity index (χ2n) is 3.89. The number of aryl methyl sites for hydroxylation is 2. The topological polar surface area (TPSA) is 17.1 Å². The van der Waals surface area contributed by atoms with Gasteiger partial charge in [0.1, 0.15) is 5.78 Å². The SMILES string of the molecule is Cc1ccc2c(c1)CCC(=O)C2C.[HH]. The minimum atomic E-state index is 0. The predicted octanol–water partition coefficient (Wildman–Crippen LogP) is 2.86. The zero-order valence-electron chi connectivity index (χ0n) is 8.13. The molecular formula is C12H16O. The Kier molecular flexibility index (Phi) is 1.95. The van der Waals surface area contributed by atoms with Gasteiger partial charge in [-0.15, -0.1) is 0 Å². The van der Waals surface area contributed by atoms with Gasteiger partial charge in [-0.05, 0) is 24.5 Å². The number of Topliss-reactive ketones (excluding diaryl/α,β-unsaturated/α-hetero) is 1. The van der Waals surface area contributed by atoms with Crippen molar-refractivity contribution in [2.75, 3.05) is 0 Å². The highest BCUT2D eigenvalue weighted by Gasteiger charge is 2.22. The molecule has 0 N–H and O–H groups in total. The molecule has 1 unspecified atom stereocenters. The third-order valence-electron chi connectivity index (χ3n) is 2.89. The molecule has 0 radical (unpaired) electrons. The highest BCUT2D eigenvalue weighted by atomic mass is 16.1. The number of fused-ring (bicyclic) bond motifs is 1. The average molecular weight is 176 g/mol. The fourth-order valence-electron chi connectivity index (χ4n) is 2.02. The van der Waals surface area contributed by atoms with Crippen molar-refractivity contribution in [1.82, 2.24) is 0 Å². The number of carbonyl (C=O) groups excluding carboxylic acids is 1. The van der Waals surface area contributed by atoms with E-state index in [1.54, 1.807) is 0 Å². The van der Waals surface area contributed by atoms with Crippen LogP contribution >= 0.6 is 0 Å². The van der Waals surface area contributed by atoms with Crippen LogP contribution < -0.4 is 0 Å². The van der Waals surface area contributed by atoms with Crippen LogP contribution in [0.5, 0.6) is 0 Å². The highest BCUT2D eigenvalue weighted by Crippen LogP contribution is 2.28. The molecule has 0 aromatic heterocycles. The minimum absolute atomic E-state index is 0. The Morgan fingerprint density at radius 2 is 2.15 bits per heavy atom. The van der Waals surface area contributed by atoms with Crippen molar-refractivity contribution in [3.8, 4) is 0 Å². The third-order valence-corrected chi connectivity index (χ3v) is 2.89. The second kappa shape index (κ2) is 2.99. The van der Waals surface area contributed by atoms with Crippen molar-refractivity contribution in [2.24, 2.45) is 0 Å². The van der Waals surface area contributed by atoms with Crippen LogP contribution in [-0.4, -0.2) is 5.78 Å². The largest absolute Gasteiger partial charge is 0.299 e. The van der Waals surface area contributed by atoms with Gasteiger partial charge >= 0.3 is 0 Å². The maximum Gasteiger partial charge on any atom is 0.140 e. The van der Waals surface area contributed by atoms with Crippen LogP contribution in [0.2, 0.25) is 0 Å². The molecule has 0 saturated carbocycles. The molecule has 1 aliphatic carbocycles. The van der Waals surface area contributed by atoms with Crippen LogP contribution in [0.15, 0.2) is 18.2 Å². The van der Waals surface area contributed by atoms with Gasteiger partial charge in [-0.25, -0.2) is 0 Å². The molecule has 13 heavy (non-hydrogen) atoms. The van der Waals surface area contributed by atoms with Crippen LogP contribution in [0.1, 0.15) is 37.4 Å². The van der Waals surface area contributed by atoms with Gasteiger partial charge < -0.3 is 0 Å². The van der Waals surface area contributed by atoms with E-state index in [2.05, 4.69) is 25.1 Å². The van der Waals surface area contributed by atoms with E-state index >= 15 is 0 Å². The number of hydrogen-bond donors (Lipinski definition) is 0. The molecule has 0 saturated heterocycles. The summed E-state index contributed by atoms with van der Waals surface area (Å²) >= 11 is 0. The van der Waals surface area contributed by atoms with Gasteiger partial charge in [0, 0.05) is 13.8 Å². The Balaban J connectivity index is 0.000000980. The van der Waals surface area contributed by atoms with Crippen molar-refractivity contribution >= 4 is 5.78 Å². The number of ketones is 1. The van der Waals surface area contributed by atoms with Gasteiger partial charge in [0.15, 0.2) is 0 Å². The maximum absolute atomic E-state index is 11.4. The van der Waals surface area contributed by atoms with Gasteiger partial charge in [0.05, 0.1) is 0 Å². The Labute approximate surface area is 80.3 Å². The Morgan fingerprint density at radius 1 is 1.38 bits per heavy atom. The van der Waals surface area contributed by atoms with E-state index in [0.29, 0.717) is 5.78 Å². The van der Waals surface area contributed by atoms with Crippen LogP contribution in [-0.2, 0) is 11.2 Å². The lowest BCUT2D eigenvalue weighted by atomic mass is 9.82. The lowest BCUT2D eigenvalue weighted by Crippen LogP contribution is -2.17. The van der Waals surface area contributed by atoms with Gasteiger partial charge in [0.2, 0.25) is 0 Å². The summed E-state index contributed by atoms with van der Waals surface area (Å²) in [6.45, 7) is 4.11. The zero-order chi connectivity index (χ0) is 9.42. The summed E-state index contributed by atoms with van der Waals surface area (Å²) in [5, 5.41) is 0. The summed E-state index contributed by atoms with van der Waals surface area (Å²) in [5.74, 6) is 0.501. The summed E-state index contributed by atoms with van der Waals surface area (Å²) < 4.78 is 0. The van der Waals surface area contributed by atoms with Crippen LogP contribution in [0.25, 0.3) is 0 Å². The molecule has 0 amide bonds. The molecule has 1 aromatic carbocycles. The Morgan fingerprint density at radius 3 is 2.92 bits per heavy atom. The summed E-state index contributed by atoms with van der Waals surface area (Å²) in [5.41, 5.74) is 3.90. The summed E-state index contributed by atoms with van der Waals surface area (Å²) in [4.78, 5) is 11.4. The summed E-state index contributed by atoms with van der Waals surface area (Å²) in [6.07, 6.45) is 1.65. The first-order valence-corrected chi connectivity index (χ1v) is 4.80. The smallest absolute Gasteiger partial charge is 0.140 e. The van der Waals surface area contributed by atoms with Gasteiger partial charge in [-0.2, -0.15) is 0 Å². The molecule has 2 rings (SSSR count). The monoisotopic (exact) mass is 176 g/mol. The molecule has 0 aliphatic heterocycles. The Hall–Kier alpha value is -1.11. The van der Waals surface area contributed by atoms with Crippen molar-refractivity contribution in [3.63, 3.8) is 0 Å². The third kappa shape index (κ3) is 1.39. The van der Waals surface area contributed by atoms with Crippen molar-refractivity contribution in [3.05, 3.63) is 34.9 Å². The van der Waals surface area contributed by atoms with E-state index in [-0.39, 0.29) is 7.34 Å². The summed E-state index contributed by atoms with van der Waals surface area (Å²) in [6, 6.07) is 6.40. The van der Waals surface area contributed by atoms with Crippen LogP contribution in [0.3, 0.4) is 0 Å². The van der Waals surface area contributed by atoms with Gasteiger partial charge in [0.25, 0.3) is 0 Å². The number of rotatable bonds is 0.